The van der Waals surface area contributed by atoms with E-state index in [-0.39, 0.29) is 5.13 Å². The molecule has 0 aliphatic carbocycles. The number of nitrogens with zero attached hydrogens (tertiary/aromatic N) is 2. The van der Waals surface area contributed by atoms with Gasteiger partial charge in [0.1, 0.15) is 23.0 Å². The number of amides is 1. The van der Waals surface area contributed by atoms with Gasteiger partial charge in [0.05, 0.1) is 11.1 Å². The van der Waals surface area contributed by atoms with Crippen LogP contribution >= 0.6 is 11.3 Å². The molecule has 9 heteroatoms. The first-order valence-corrected chi connectivity index (χ1v) is 11.2. The Morgan fingerprint density at radius 3 is 2.42 bits per heavy atom. The minimum atomic E-state index is -0.978. The lowest BCUT2D eigenvalue weighted by molar-refractivity contribution is 0.101. The molecule has 2 aromatic carbocycles. The standard InChI is InChI=1S/C24H21F3N4OS/c1-3-24(2,15-4-6-16(25)7-5-15)20-14-33-23(29-20)30-22(32)21-18(26)12-17(13-19(21)27)31-10-8-28-9-11-31/h1,4-7,12-14,28H,8-11H2,2H3,(H,29,30,32)/t24-/m1/s1. The number of hydrogen-bond donors (Lipinski definition) is 2. The molecule has 0 saturated carbocycles. The Labute approximate surface area is 193 Å². The summed E-state index contributed by atoms with van der Waals surface area (Å²) in [6.07, 6.45) is 5.75. The van der Waals surface area contributed by atoms with Crippen LogP contribution in [-0.2, 0) is 5.41 Å². The van der Waals surface area contributed by atoms with Crippen LogP contribution in [0.1, 0.15) is 28.5 Å². The molecule has 1 fully saturated rings. The Balaban J connectivity index is 1.55. The van der Waals surface area contributed by atoms with Crippen molar-refractivity contribution >= 4 is 28.1 Å². The van der Waals surface area contributed by atoms with E-state index in [4.69, 9.17) is 6.42 Å². The third kappa shape index (κ3) is 4.58. The molecule has 1 atom stereocenters. The number of terminal acetylenes is 1. The fraction of sp³-hybridized carbons (Fsp3) is 0.250. The lowest BCUT2D eigenvalue weighted by atomic mass is 9.81. The number of nitrogens with one attached hydrogen (secondary N) is 2. The van der Waals surface area contributed by atoms with Crippen molar-refractivity contribution < 1.29 is 18.0 Å². The van der Waals surface area contributed by atoms with Gasteiger partial charge in [-0.15, -0.1) is 17.8 Å². The second-order valence-electron chi connectivity index (χ2n) is 7.79. The number of aromatic nitrogens is 1. The highest BCUT2D eigenvalue weighted by Gasteiger charge is 2.30. The first kappa shape index (κ1) is 22.8. The highest BCUT2D eigenvalue weighted by molar-refractivity contribution is 7.14. The number of rotatable bonds is 5. The normalized spacial score (nSPS) is 15.5. The zero-order chi connectivity index (χ0) is 23.6. The number of piperazine rings is 1. The molecule has 2 N–H and O–H groups in total. The highest BCUT2D eigenvalue weighted by atomic mass is 32.1. The second kappa shape index (κ2) is 9.25. The molecule has 1 aliphatic rings. The summed E-state index contributed by atoms with van der Waals surface area (Å²) in [5.74, 6) is -0.564. The van der Waals surface area contributed by atoms with E-state index in [0.717, 1.165) is 11.3 Å². The summed E-state index contributed by atoms with van der Waals surface area (Å²) in [4.78, 5) is 18.9. The highest BCUT2D eigenvalue weighted by Crippen LogP contribution is 2.34. The van der Waals surface area contributed by atoms with E-state index in [1.54, 1.807) is 24.4 Å². The molecule has 1 aliphatic heterocycles. The summed E-state index contributed by atoms with van der Waals surface area (Å²) in [5.41, 5.74) is -0.163. The van der Waals surface area contributed by atoms with Gasteiger partial charge in [-0.3, -0.25) is 10.1 Å². The van der Waals surface area contributed by atoms with Crippen molar-refractivity contribution in [2.24, 2.45) is 0 Å². The van der Waals surface area contributed by atoms with Crippen LogP contribution in [0, 0.1) is 29.8 Å². The average molecular weight is 471 g/mol. The predicted molar refractivity (Wildman–Crippen MR) is 123 cm³/mol. The number of anilines is 2. The maximum atomic E-state index is 14.7. The summed E-state index contributed by atoms with van der Waals surface area (Å²) >= 11 is 1.08. The van der Waals surface area contributed by atoms with Crippen LogP contribution in [0.5, 0.6) is 0 Å². The van der Waals surface area contributed by atoms with Crippen LogP contribution in [0.4, 0.5) is 24.0 Å². The second-order valence-corrected chi connectivity index (χ2v) is 8.65. The molecular weight excluding hydrogens is 449 g/mol. The number of carbonyl (C=O) groups is 1. The van der Waals surface area contributed by atoms with Crippen LogP contribution in [-0.4, -0.2) is 37.1 Å². The van der Waals surface area contributed by atoms with E-state index >= 15 is 0 Å². The Morgan fingerprint density at radius 2 is 1.82 bits per heavy atom. The first-order valence-electron chi connectivity index (χ1n) is 10.3. The number of halogens is 3. The van der Waals surface area contributed by atoms with Gasteiger partial charge >= 0.3 is 0 Å². The summed E-state index contributed by atoms with van der Waals surface area (Å²) in [7, 11) is 0. The van der Waals surface area contributed by atoms with Gasteiger partial charge in [0.2, 0.25) is 0 Å². The zero-order valence-corrected chi connectivity index (χ0v) is 18.6. The van der Waals surface area contributed by atoms with Crippen molar-refractivity contribution in [3.8, 4) is 12.3 Å². The van der Waals surface area contributed by atoms with Crippen LogP contribution in [0.2, 0.25) is 0 Å². The van der Waals surface area contributed by atoms with Crippen LogP contribution in [0.25, 0.3) is 0 Å². The zero-order valence-electron chi connectivity index (χ0n) is 17.8. The molecule has 170 valence electrons. The van der Waals surface area contributed by atoms with Crippen molar-refractivity contribution in [3.63, 3.8) is 0 Å². The van der Waals surface area contributed by atoms with Gasteiger partial charge in [0, 0.05) is 37.2 Å². The molecule has 0 spiro atoms. The molecule has 2 heterocycles. The van der Waals surface area contributed by atoms with E-state index in [0.29, 0.717) is 43.1 Å². The van der Waals surface area contributed by atoms with Gasteiger partial charge < -0.3 is 10.2 Å². The SMILES string of the molecule is C#C[C@](C)(c1ccc(F)cc1)c1csc(NC(=O)c2c(F)cc(N3CCNCC3)cc2F)n1. The third-order valence-corrected chi connectivity index (χ3v) is 6.44. The molecule has 1 aromatic heterocycles. The monoisotopic (exact) mass is 470 g/mol. The van der Waals surface area contributed by atoms with E-state index in [2.05, 4.69) is 21.5 Å². The predicted octanol–water partition coefficient (Wildman–Crippen LogP) is 4.16. The van der Waals surface area contributed by atoms with Crippen molar-refractivity contribution in [1.82, 2.24) is 10.3 Å². The summed E-state index contributed by atoms with van der Waals surface area (Å²) < 4.78 is 42.7. The van der Waals surface area contributed by atoms with Gasteiger partial charge in [-0.05, 0) is 36.8 Å². The van der Waals surface area contributed by atoms with Gasteiger partial charge in [-0.2, -0.15) is 0 Å². The number of benzene rings is 2. The quantitative estimate of drug-likeness (QED) is 0.550. The fourth-order valence-corrected chi connectivity index (χ4v) is 4.51. The van der Waals surface area contributed by atoms with E-state index in [1.807, 2.05) is 4.90 Å². The average Bonchev–Trinajstić information content (AvgIpc) is 3.28. The van der Waals surface area contributed by atoms with E-state index < -0.39 is 34.3 Å². The smallest absolute Gasteiger partial charge is 0.263 e. The molecule has 33 heavy (non-hydrogen) atoms. The summed E-state index contributed by atoms with van der Waals surface area (Å²) in [6.45, 7) is 4.41. The topological polar surface area (TPSA) is 57.3 Å². The minimum absolute atomic E-state index is 0.142. The van der Waals surface area contributed by atoms with E-state index in [1.165, 1.54) is 24.3 Å². The molecule has 4 rings (SSSR count). The Hall–Kier alpha value is -3.35. The number of carbonyl (C=O) groups excluding carboxylic acids is 1. The molecule has 1 saturated heterocycles. The summed E-state index contributed by atoms with van der Waals surface area (Å²) in [6, 6.07) is 8.07. The molecule has 0 radical (unpaired) electrons. The molecule has 1 amide bonds. The Morgan fingerprint density at radius 1 is 1.18 bits per heavy atom. The fourth-order valence-electron chi connectivity index (χ4n) is 3.69. The summed E-state index contributed by atoms with van der Waals surface area (Å²) in [5, 5.41) is 7.42. The maximum absolute atomic E-state index is 14.7. The lowest BCUT2D eigenvalue weighted by Crippen LogP contribution is -2.43. The lowest BCUT2D eigenvalue weighted by Gasteiger charge is -2.29. The Kier molecular flexibility index (Phi) is 6.40. The van der Waals surface area contributed by atoms with Crippen molar-refractivity contribution in [2.75, 3.05) is 36.4 Å². The van der Waals surface area contributed by atoms with Crippen LogP contribution in [0.15, 0.2) is 41.8 Å². The Bertz CT molecular complexity index is 1190. The van der Waals surface area contributed by atoms with E-state index in [9.17, 15) is 18.0 Å². The molecule has 3 aromatic rings. The van der Waals surface area contributed by atoms with Crippen molar-refractivity contribution in [1.29, 1.82) is 0 Å². The number of hydrogen-bond acceptors (Lipinski definition) is 5. The largest absolute Gasteiger partial charge is 0.369 e. The number of thiazole rings is 1. The molecule has 0 unspecified atom stereocenters. The van der Waals surface area contributed by atoms with Crippen molar-refractivity contribution in [2.45, 2.75) is 12.3 Å². The van der Waals surface area contributed by atoms with Gasteiger partial charge in [-0.25, -0.2) is 18.2 Å². The molecule has 5 nitrogen and oxygen atoms in total. The maximum Gasteiger partial charge on any atom is 0.263 e. The van der Waals surface area contributed by atoms with Crippen molar-refractivity contribution in [3.05, 3.63) is 76.1 Å². The van der Waals surface area contributed by atoms with Gasteiger partial charge in [-0.1, -0.05) is 18.1 Å². The van der Waals surface area contributed by atoms with Crippen LogP contribution in [0.3, 0.4) is 0 Å². The first-order chi connectivity index (χ1) is 15.8. The van der Waals surface area contributed by atoms with Crippen LogP contribution < -0.4 is 15.5 Å². The molecular formula is C24H21F3N4OS. The van der Waals surface area contributed by atoms with Gasteiger partial charge in [0.25, 0.3) is 5.91 Å². The van der Waals surface area contributed by atoms with Gasteiger partial charge in [0.15, 0.2) is 5.13 Å². The molecule has 0 bridgehead atoms. The minimum Gasteiger partial charge on any atom is -0.369 e. The third-order valence-electron chi connectivity index (χ3n) is 5.68.